The fourth-order valence-corrected chi connectivity index (χ4v) is 2.83. The summed E-state index contributed by atoms with van der Waals surface area (Å²) in [5.74, 6) is -2.55. The van der Waals surface area contributed by atoms with Gasteiger partial charge < -0.3 is 18.6 Å². The molecule has 0 N–H and O–H groups in total. The second-order valence-electron chi connectivity index (χ2n) is 6.73. The summed E-state index contributed by atoms with van der Waals surface area (Å²) >= 11 is 0. The van der Waals surface area contributed by atoms with Crippen LogP contribution in [0.5, 0.6) is 17.2 Å². The number of rotatable bonds is 7. The van der Waals surface area contributed by atoms with E-state index >= 15 is 0 Å². The van der Waals surface area contributed by atoms with E-state index in [9.17, 15) is 19.2 Å². The predicted molar refractivity (Wildman–Crippen MR) is 116 cm³/mol. The lowest BCUT2D eigenvalue weighted by Gasteiger charge is -2.16. The third-order valence-electron chi connectivity index (χ3n) is 4.47. The van der Waals surface area contributed by atoms with Crippen molar-refractivity contribution in [3.05, 3.63) is 52.7 Å². The van der Waals surface area contributed by atoms with Gasteiger partial charge in [-0.1, -0.05) is 51.1 Å². The van der Waals surface area contributed by atoms with Crippen LogP contribution in [0.2, 0.25) is 0 Å². The lowest BCUT2D eigenvalue weighted by Crippen LogP contribution is -2.15. The molecule has 166 valence electrons. The zero-order valence-corrected chi connectivity index (χ0v) is 17.9. The minimum absolute atomic E-state index is 0.00190. The summed E-state index contributed by atoms with van der Waals surface area (Å²) in [6.07, 6.45) is 0.0360. The summed E-state index contributed by atoms with van der Waals surface area (Å²) in [4.78, 5) is 49.2. The smallest absolute Gasteiger partial charge is 0.311 e. The zero-order valence-electron chi connectivity index (χ0n) is 17.9. The number of ether oxygens (including phenoxy) is 3. The minimum atomic E-state index is -0.675. The number of benzene rings is 2. The summed E-state index contributed by atoms with van der Waals surface area (Å²) in [5.41, 5.74) is 0.129. The highest BCUT2D eigenvalue weighted by Gasteiger charge is 2.26. The Kier molecular flexibility index (Phi) is 7.04. The first-order chi connectivity index (χ1) is 15.4. The largest absolute Gasteiger partial charge is 0.456 e. The Labute approximate surface area is 183 Å². The van der Waals surface area contributed by atoms with E-state index in [0.29, 0.717) is 5.56 Å². The van der Waals surface area contributed by atoms with E-state index in [2.05, 4.69) is 0 Å². The van der Waals surface area contributed by atoms with E-state index in [1.807, 2.05) is 6.07 Å². The van der Waals surface area contributed by atoms with Crippen molar-refractivity contribution < 1.29 is 33.0 Å². The maximum atomic E-state index is 13.1. The summed E-state index contributed by atoms with van der Waals surface area (Å²) in [6, 6.07) is 11.4. The molecule has 0 aliphatic carbocycles. The van der Waals surface area contributed by atoms with Gasteiger partial charge in [0.2, 0.25) is 5.75 Å². The Balaban J connectivity index is 2.35. The van der Waals surface area contributed by atoms with Crippen molar-refractivity contribution >= 4 is 28.9 Å². The number of hydrogen-bond donors (Lipinski definition) is 0. The molecular formula is C24H22O8. The summed E-state index contributed by atoms with van der Waals surface area (Å²) in [6.45, 7) is 4.73. The van der Waals surface area contributed by atoms with Crippen LogP contribution < -0.4 is 19.6 Å². The standard InChI is InChI=1S/C24H22O8/c1-4-19(26)30-18-13-17-22(15(25)12-16(29-17)14-10-8-7-9-11-14)24(32-21(28)6-3)23(18)31-20(27)5-2/h7-13H,4-6H2,1-3H3. The lowest BCUT2D eigenvalue weighted by molar-refractivity contribution is -0.137. The zero-order chi connectivity index (χ0) is 23.3. The Morgan fingerprint density at radius 2 is 1.34 bits per heavy atom. The molecule has 8 nitrogen and oxygen atoms in total. The molecule has 1 aromatic heterocycles. The molecule has 0 bridgehead atoms. The van der Waals surface area contributed by atoms with E-state index < -0.39 is 23.3 Å². The molecular weight excluding hydrogens is 416 g/mol. The molecule has 3 rings (SSSR count). The molecule has 0 aliphatic rings. The minimum Gasteiger partial charge on any atom is -0.456 e. The molecule has 0 aliphatic heterocycles. The van der Waals surface area contributed by atoms with Gasteiger partial charge in [0, 0.05) is 37.0 Å². The van der Waals surface area contributed by atoms with Gasteiger partial charge in [0.05, 0.1) is 0 Å². The third-order valence-corrected chi connectivity index (χ3v) is 4.47. The molecule has 0 saturated carbocycles. The number of esters is 3. The topological polar surface area (TPSA) is 109 Å². The molecule has 8 heteroatoms. The summed E-state index contributed by atoms with van der Waals surface area (Å²) < 4.78 is 21.9. The second-order valence-corrected chi connectivity index (χ2v) is 6.73. The average molecular weight is 438 g/mol. The van der Waals surface area contributed by atoms with E-state index in [1.54, 1.807) is 45.0 Å². The molecule has 0 atom stereocenters. The molecule has 0 saturated heterocycles. The van der Waals surface area contributed by atoms with Crippen molar-refractivity contribution in [1.82, 2.24) is 0 Å². The van der Waals surface area contributed by atoms with Gasteiger partial charge in [-0.05, 0) is 0 Å². The first-order valence-electron chi connectivity index (χ1n) is 10.2. The van der Waals surface area contributed by atoms with Gasteiger partial charge in [-0.15, -0.1) is 0 Å². The van der Waals surface area contributed by atoms with Crippen LogP contribution in [0.15, 0.2) is 51.7 Å². The predicted octanol–water partition coefficient (Wildman–Crippen LogP) is 4.41. The van der Waals surface area contributed by atoms with Gasteiger partial charge in [0.1, 0.15) is 16.7 Å². The molecule has 0 amide bonds. The monoisotopic (exact) mass is 438 g/mol. The number of fused-ring (bicyclic) bond motifs is 1. The van der Waals surface area contributed by atoms with E-state index in [0.717, 1.165) is 0 Å². The van der Waals surface area contributed by atoms with Gasteiger partial charge in [-0.2, -0.15) is 0 Å². The highest BCUT2D eigenvalue weighted by molar-refractivity contribution is 5.94. The van der Waals surface area contributed by atoms with Crippen molar-refractivity contribution in [1.29, 1.82) is 0 Å². The van der Waals surface area contributed by atoms with Gasteiger partial charge in [-0.3, -0.25) is 19.2 Å². The maximum Gasteiger partial charge on any atom is 0.311 e. The van der Waals surface area contributed by atoms with Crippen LogP contribution in [0.25, 0.3) is 22.3 Å². The number of hydrogen-bond acceptors (Lipinski definition) is 8. The summed E-state index contributed by atoms with van der Waals surface area (Å²) in [7, 11) is 0. The Bertz CT molecular complexity index is 1220. The molecule has 3 aromatic rings. The van der Waals surface area contributed by atoms with Crippen LogP contribution in [-0.4, -0.2) is 17.9 Å². The van der Waals surface area contributed by atoms with Crippen molar-refractivity contribution in [2.75, 3.05) is 0 Å². The third kappa shape index (κ3) is 4.85. The molecule has 0 fully saturated rings. The van der Waals surface area contributed by atoms with Crippen LogP contribution in [0.1, 0.15) is 40.0 Å². The lowest BCUT2D eigenvalue weighted by atomic mass is 10.1. The fraction of sp³-hybridized carbons (Fsp3) is 0.250. The van der Waals surface area contributed by atoms with Crippen LogP contribution in [-0.2, 0) is 14.4 Å². The maximum absolute atomic E-state index is 13.1. The SMILES string of the molecule is CCC(=O)Oc1cc2oc(-c3ccccc3)cc(=O)c2c(OC(=O)CC)c1OC(=O)CC. The van der Waals surface area contributed by atoms with Gasteiger partial charge in [0.15, 0.2) is 16.9 Å². The molecule has 32 heavy (non-hydrogen) atoms. The van der Waals surface area contributed by atoms with Crippen LogP contribution in [0, 0.1) is 0 Å². The fourth-order valence-electron chi connectivity index (χ4n) is 2.83. The Morgan fingerprint density at radius 1 is 0.781 bits per heavy atom. The van der Waals surface area contributed by atoms with E-state index in [1.165, 1.54) is 12.1 Å². The summed E-state index contributed by atoms with van der Waals surface area (Å²) in [5, 5.41) is -0.110. The molecule has 0 unspecified atom stereocenters. The van der Waals surface area contributed by atoms with Crippen molar-refractivity contribution in [2.45, 2.75) is 40.0 Å². The van der Waals surface area contributed by atoms with Crippen molar-refractivity contribution in [3.63, 3.8) is 0 Å². The molecule has 1 heterocycles. The molecule has 2 aromatic carbocycles. The van der Waals surface area contributed by atoms with Crippen LogP contribution >= 0.6 is 0 Å². The average Bonchev–Trinajstić information content (AvgIpc) is 2.80. The van der Waals surface area contributed by atoms with Gasteiger partial charge in [0.25, 0.3) is 0 Å². The van der Waals surface area contributed by atoms with E-state index in [-0.39, 0.29) is 53.2 Å². The quantitative estimate of drug-likeness (QED) is 0.394. The van der Waals surface area contributed by atoms with Crippen LogP contribution in [0.4, 0.5) is 0 Å². The van der Waals surface area contributed by atoms with Crippen molar-refractivity contribution in [2.24, 2.45) is 0 Å². The van der Waals surface area contributed by atoms with Gasteiger partial charge >= 0.3 is 17.9 Å². The highest BCUT2D eigenvalue weighted by atomic mass is 16.6. The first-order valence-corrected chi connectivity index (χ1v) is 10.2. The molecule has 0 radical (unpaired) electrons. The Morgan fingerprint density at radius 3 is 1.94 bits per heavy atom. The van der Waals surface area contributed by atoms with Crippen LogP contribution in [0.3, 0.4) is 0 Å². The second kappa shape index (κ2) is 9.91. The normalized spacial score (nSPS) is 10.6. The Hall–Kier alpha value is -3.94. The molecule has 0 spiro atoms. The van der Waals surface area contributed by atoms with E-state index in [4.69, 9.17) is 18.6 Å². The first kappa shape index (κ1) is 22.7. The van der Waals surface area contributed by atoms with Crippen molar-refractivity contribution in [3.8, 4) is 28.6 Å². The highest BCUT2D eigenvalue weighted by Crippen LogP contribution is 2.44. The van der Waals surface area contributed by atoms with Gasteiger partial charge in [-0.25, -0.2) is 0 Å². The number of carbonyl (C=O) groups is 3. The number of carbonyl (C=O) groups excluding carboxylic acids is 3.